The second-order valence-electron chi connectivity index (χ2n) is 12.2. The van der Waals surface area contributed by atoms with Crippen molar-refractivity contribution < 1.29 is 27.5 Å². The number of likely N-dealkylation sites (tertiary alicyclic amines) is 1. The Hall–Kier alpha value is -4.38. The lowest BCUT2D eigenvalue weighted by atomic mass is 9.95. The highest BCUT2D eigenvalue weighted by Crippen LogP contribution is 2.31. The molecule has 0 bridgehead atoms. The largest absolute Gasteiger partial charge is 0.445 e. The van der Waals surface area contributed by atoms with Crippen molar-refractivity contribution in [3.05, 3.63) is 93.5 Å². The van der Waals surface area contributed by atoms with E-state index in [1.807, 2.05) is 69.9 Å². The molecule has 1 N–H and O–H groups in total. The number of ether oxygens (including phenoxy) is 1. The topological polar surface area (TPSA) is 116 Å². The smallest absolute Gasteiger partial charge is 0.410 e. The average Bonchev–Trinajstić information content (AvgIpc) is 3.05. The summed E-state index contributed by atoms with van der Waals surface area (Å²) in [6, 6.07) is 15.8. The van der Waals surface area contributed by atoms with E-state index in [4.69, 9.17) is 4.74 Å². The van der Waals surface area contributed by atoms with E-state index in [1.165, 1.54) is 4.90 Å². The summed E-state index contributed by atoms with van der Waals surface area (Å²) < 4.78 is 34.9. The van der Waals surface area contributed by atoms with Crippen LogP contribution in [0.15, 0.2) is 59.5 Å². The van der Waals surface area contributed by atoms with Crippen molar-refractivity contribution >= 4 is 33.6 Å². The van der Waals surface area contributed by atoms with Gasteiger partial charge in [0.15, 0.2) is 0 Å². The Balaban J connectivity index is 1.14. The second kappa shape index (κ2) is 13.5. The molecule has 0 unspecified atom stereocenters. The minimum absolute atomic E-state index is 0.00334. The molecule has 3 amide bonds. The number of anilines is 1. The molecule has 0 spiro atoms. The van der Waals surface area contributed by atoms with Crippen molar-refractivity contribution in [2.75, 3.05) is 37.4 Å². The molecule has 244 valence electrons. The first kappa shape index (κ1) is 33.0. The zero-order valence-corrected chi connectivity index (χ0v) is 27.9. The van der Waals surface area contributed by atoms with Crippen molar-refractivity contribution in [3.8, 4) is 0 Å². The number of hydrogen-bond acceptors (Lipinski definition) is 6. The van der Waals surface area contributed by atoms with Gasteiger partial charge in [-0.15, -0.1) is 0 Å². The Labute approximate surface area is 271 Å². The summed E-state index contributed by atoms with van der Waals surface area (Å²) in [7, 11) is -3.86. The highest BCUT2D eigenvalue weighted by molar-refractivity contribution is 7.92. The van der Waals surface area contributed by atoms with Gasteiger partial charge in [-0.3, -0.25) is 14.3 Å². The van der Waals surface area contributed by atoms with E-state index in [1.54, 1.807) is 29.2 Å². The van der Waals surface area contributed by atoms with Crippen LogP contribution in [0.25, 0.3) is 0 Å². The molecule has 0 aliphatic carbocycles. The summed E-state index contributed by atoms with van der Waals surface area (Å²) in [5.74, 6) is -0.404. The summed E-state index contributed by atoms with van der Waals surface area (Å²) in [6.07, 6.45) is 0.949. The van der Waals surface area contributed by atoms with E-state index in [0.717, 1.165) is 33.4 Å². The molecule has 2 aliphatic rings. The third-order valence-corrected chi connectivity index (χ3v) is 11.2. The van der Waals surface area contributed by atoms with Gasteiger partial charge < -0.3 is 19.4 Å². The summed E-state index contributed by atoms with van der Waals surface area (Å²) in [6.45, 7) is 11.5. The van der Waals surface area contributed by atoms with Crippen molar-refractivity contribution in [2.24, 2.45) is 0 Å². The third-order valence-electron chi connectivity index (χ3n) is 9.50. The van der Waals surface area contributed by atoms with Crippen LogP contribution in [0.4, 0.5) is 10.5 Å². The average molecular weight is 647 g/mol. The van der Waals surface area contributed by atoms with Crippen molar-refractivity contribution in [2.45, 2.75) is 65.0 Å². The lowest BCUT2D eigenvalue weighted by Gasteiger charge is -2.42. The number of amides is 3. The molecular formula is C35H42N4O6S. The number of nitrogens with one attached hydrogen (secondary N) is 1. The fourth-order valence-corrected chi connectivity index (χ4v) is 8.02. The van der Waals surface area contributed by atoms with Crippen molar-refractivity contribution in [1.82, 2.24) is 14.7 Å². The Morgan fingerprint density at radius 2 is 1.37 bits per heavy atom. The molecule has 2 heterocycles. The predicted octanol–water partition coefficient (Wildman–Crippen LogP) is 5.12. The molecule has 0 saturated carbocycles. The number of rotatable bonds is 7. The molecule has 3 aromatic rings. The van der Waals surface area contributed by atoms with Gasteiger partial charge in [0.05, 0.1) is 4.90 Å². The fourth-order valence-electron chi connectivity index (χ4n) is 6.35. The number of carbonyl (C=O) groups is 3. The molecule has 3 aromatic carbocycles. The van der Waals surface area contributed by atoms with Gasteiger partial charge >= 0.3 is 6.09 Å². The first-order valence-corrected chi connectivity index (χ1v) is 17.1. The van der Waals surface area contributed by atoms with E-state index in [2.05, 4.69) is 4.72 Å². The summed E-state index contributed by atoms with van der Waals surface area (Å²) in [5, 5.41) is 0. The number of piperidine rings is 1. The number of sulfonamides is 1. The van der Waals surface area contributed by atoms with Crippen molar-refractivity contribution in [3.63, 3.8) is 0 Å². The van der Waals surface area contributed by atoms with Crippen LogP contribution in [-0.2, 0) is 26.2 Å². The normalized spacial score (nSPS) is 16.0. The van der Waals surface area contributed by atoms with Gasteiger partial charge in [-0.2, -0.15) is 0 Å². The van der Waals surface area contributed by atoms with E-state index in [0.29, 0.717) is 50.3 Å². The molecule has 0 radical (unpaired) electrons. The number of benzene rings is 3. The number of hydrogen-bond donors (Lipinski definition) is 1. The summed E-state index contributed by atoms with van der Waals surface area (Å²) in [4.78, 5) is 44.3. The fraction of sp³-hybridized carbons (Fsp3) is 0.400. The van der Waals surface area contributed by atoms with E-state index >= 15 is 0 Å². The molecule has 0 aromatic heterocycles. The maximum absolute atomic E-state index is 13.4. The van der Waals surface area contributed by atoms with Gasteiger partial charge in [0.25, 0.3) is 15.9 Å². The molecular weight excluding hydrogens is 604 g/mol. The maximum Gasteiger partial charge on any atom is 0.410 e. The number of carbonyl (C=O) groups excluding carboxylic acids is 3. The van der Waals surface area contributed by atoms with Gasteiger partial charge in [-0.25, -0.2) is 13.2 Å². The second-order valence-corrected chi connectivity index (χ2v) is 13.8. The van der Waals surface area contributed by atoms with E-state index < -0.39 is 10.0 Å². The first-order valence-electron chi connectivity index (χ1n) is 15.6. The first-order chi connectivity index (χ1) is 21.9. The van der Waals surface area contributed by atoms with Gasteiger partial charge in [-0.05, 0) is 105 Å². The van der Waals surface area contributed by atoms with Gasteiger partial charge in [-0.1, -0.05) is 30.3 Å². The van der Waals surface area contributed by atoms with Gasteiger partial charge in [0.2, 0.25) is 5.91 Å². The van der Waals surface area contributed by atoms with Crippen LogP contribution in [0.1, 0.15) is 56.6 Å². The number of nitrogens with zero attached hydrogens (tertiary/aromatic N) is 3. The Kier molecular flexibility index (Phi) is 9.71. The third kappa shape index (κ3) is 6.89. The minimum atomic E-state index is -3.86. The number of piperazine rings is 1. The van der Waals surface area contributed by atoms with Crippen LogP contribution in [0.3, 0.4) is 0 Å². The van der Waals surface area contributed by atoms with Crippen LogP contribution in [0, 0.1) is 34.6 Å². The lowest BCUT2D eigenvalue weighted by molar-refractivity contribution is -0.138. The molecule has 2 saturated heterocycles. The quantitative estimate of drug-likeness (QED) is 0.381. The summed E-state index contributed by atoms with van der Waals surface area (Å²) >= 11 is 0. The van der Waals surface area contributed by atoms with E-state index in [9.17, 15) is 22.8 Å². The molecule has 11 heteroatoms. The van der Waals surface area contributed by atoms with Gasteiger partial charge in [0, 0.05) is 43.5 Å². The van der Waals surface area contributed by atoms with Crippen molar-refractivity contribution in [1.29, 1.82) is 0 Å². The lowest BCUT2D eigenvalue weighted by Crippen LogP contribution is -2.57. The SMILES string of the molecule is Cc1c(C)c(C)c(S(=O)(=O)Nc2ccc(C(=O)N3CCN(C4CCN(C(=O)OCc5ccccc5)CC4)C(=O)C3)cc2)c(C)c1C. The molecule has 2 aliphatic heterocycles. The van der Waals surface area contributed by atoms with Crippen LogP contribution in [0.5, 0.6) is 0 Å². The molecule has 5 rings (SSSR count). The predicted molar refractivity (Wildman–Crippen MR) is 176 cm³/mol. The Bertz CT molecular complexity index is 1700. The Morgan fingerprint density at radius 3 is 1.96 bits per heavy atom. The Morgan fingerprint density at radius 1 is 0.783 bits per heavy atom. The van der Waals surface area contributed by atoms with E-state index in [-0.39, 0.29) is 42.0 Å². The van der Waals surface area contributed by atoms with Crippen LogP contribution in [-0.4, -0.2) is 79.8 Å². The summed E-state index contributed by atoms with van der Waals surface area (Å²) in [5.41, 5.74) is 6.07. The maximum atomic E-state index is 13.4. The molecule has 0 atom stereocenters. The molecule has 2 fully saturated rings. The zero-order chi connectivity index (χ0) is 33.2. The van der Waals surface area contributed by atoms with Crippen LogP contribution < -0.4 is 4.72 Å². The zero-order valence-electron chi connectivity index (χ0n) is 27.1. The highest BCUT2D eigenvalue weighted by Gasteiger charge is 2.35. The highest BCUT2D eigenvalue weighted by atomic mass is 32.2. The standard InChI is InChI=1S/C35H42N4O6S/c1-23-24(2)26(4)33(27(5)25(23)3)46(43,44)36-30-13-11-29(12-14-30)34(41)38-19-20-39(32(40)21-38)31-15-17-37(18-16-31)35(42)45-22-28-9-7-6-8-10-28/h6-14,31,36H,15-22H2,1-5H3. The van der Waals surface area contributed by atoms with Crippen LogP contribution >= 0.6 is 0 Å². The molecule has 10 nitrogen and oxygen atoms in total. The monoisotopic (exact) mass is 646 g/mol. The minimum Gasteiger partial charge on any atom is -0.445 e. The van der Waals surface area contributed by atoms with Crippen LogP contribution in [0.2, 0.25) is 0 Å². The molecule has 46 heavy (non-hydrogen) atoms. The van der Waals surface area contributed by atoms with Gasteiger partial charge in [0.1, 0.15) is 13.2 Å².